The molecule has 0 aromatic heterocycles. The summed E-state index contributed by atoms with van der Waals surface area (Å²) in [5, 5.41) is 0. The van der Waals surface area contributed by atoms with Crippen LogP contribution in [0.15, 0.2) is 35.2 Å². The average Bonchev–Trinajstić information content (AvgIpc) is 2.73. The smallest absolute Gasteiger partial charge is 0.243 e. The van der Waals surface area contributed by atoms with Gasteiger partial charge in [0.25, 0.3) is 0 Å². The number of sulfonamides is 1. The van der Waals surface area contributed by atoms with Crippen LogP contribution in [0.1, 0.15) is 19.8 Å². The van der Waals surface area contributed by atoms with Gasteiger partial charge in [0.1, 0.15) is 0 Å². The van der Waals surface area contributed by atoms with E-state index in [0.717, 1.165) is 0 Å². The van der Waals surface area contributed by atoms with Crippen LogP contribution in [0.2, 0.25) is 0 Å². The van der Waals surface area contributed by atoms with Gasteiger partial charge in [-0.15, -0.1) is 0 Å². The molecule has 2 N–H and O–H groups in total. The molecule has 2 aliphatic heterocycles. The lowest BCUT2D eigenvalue weighted by atomic mass is 9.95. The Labute approximate surface area is 166 Å². The minimum atomic E-state index is -3.53. The number of carbonyl (C=O) groups excluding carboxylic acids is 2. The van der Waals surface area contributed by atoms with E-state index in [4.69, 9.17) is 5.73 Å². The Balaban J connectivity index is 1.54. The molecule has 1 unspecified atom stereocenters. The van der Waals surface area contributed by atoms with Gasteiger partial charge >= 0.3 is 0 Å². The third-order valence-corrected chi connectivity index (χ3v) is 7.68. The molecule has 0 radical (unpaired) electrons. The summed E-state index contributed by atoms with van der Waals surface area (Å²) >= 11 is 0. The number of likely N-dealkylation sites (tertiary alicyclic amines) is 1. The van der Waals surface area contributed by atoms with Gasteiger partial charge in [-0.25, -0.2) is 8.42 Å². The standard InChI is InChI=1S/C19H28N4O4S/c1-15(21-9-7-16(8-10-21)18(20)24)19(25)22-11-13-23(14-12-22)28(26,27)17-5-3-2-4-6-17/h2-6,15-16H,7-14H2,1H3,(H2,20,24). The quantitative estimate of drug-likeness (QED) is 0.744. The number of piperazine rings is 1. The van der Waals surface area contributed by atoms with Crippen LogP contribution in [0, 0.1) is 5.92 Å². The maximum atomic E-state index is 12.9. The molecule has 1 atom stereocenters. The van der Waals surface area contributed by atoms with E-state index >= 15 is 0 Å². The van der Waals surface area contributed by atoms with Crippen molar-refractivity contribution in [1.29, 1.82) is 0 Å². The molecule has 1 aromatic carbocycles. The Morgan fingerprint density at radius 3 is 2.11 bits per heavy atom. The molecule has 0 bridgehead atoms. The molecule has 2 fully saturated rings. The number of piperidine rings is 1. The number of nitrogens with zero attached hydrogens (tertiary/aromatic N) is 3. The molecule has 8 nitrogen and oxygen atoms in total. The van der Waals surface area contributed by atoms with Crippen LogP contribution in [-0.4, -0.2) is 79.6 Å². The van der Waals surface area contributed by atoms with Crippen molar-refractivity contribution in [3.63, 3.8) is 0 Å². The maximum absolute atomic E-state index is 12.9. The fraction of sp³-hybridized carbons (Fsp3) is 0.579. The molecule has 154 valence electrons. The average molecular weight is 409 g/mol. The van der Waals surface area contributed by atoms with Crippen LogP contribution in [0.5, 0.6) is 0 Å². The van der Waals surface area contributed by atoms with E-state index in [-0.39, 0.29) is 28.7 Å². The highest BCUT2D eigenvalue weighted by Gasteiger charge is 2.34. The predicted octanol–water partition coefficient (Wildman–Crippen LogP) is 0.105. The normalized spacial score (nSPS) is 21.4. The lowest BCUT2D eigenvalue weighted by Gasteiger charge is -2.39. The minimum absolute atomic E-state index is 0.00860. The Bertz CT molecular complexity index is 798. The first-order chi connectivity index (χ1) is 13.3. The lowest BCUT2D eigenvalue weighted by Crippen LogP contribution is -2.56. The van der Waals surface area contributed by atoms with Gasteiger partial charge in [0.05, 0.1) is 10.9 Å². The fourth-order valence-corrected chi connectivity index (χ4v) is 5.33. The molecule has 0 aliphatic carbocycles. The summed E-state index contributed by atoms with van der Waals surface area (Å²) in [7, 11) is -3.53. The number of benzene rings is 1. The van der Waals surface area contributed by atoms with E-state index in [0.29, 0.717) is 52.1 Å². The zero-order valence-corrected chi connectivity index (χ0v) is 17.0. The first-order valence-corrected chi connectivity index (χ1v) is 11.1. The molecule has 2 heterocycles. The van der Waals surface area contributed by atoms with Crippen LogP contribution >= 0.6 is 0 Å². The van der Waals surface area contributed by atoms with Gasteiger partial charge in [-0.1, -0.05) is 18.2 Å². The van der Waals surface area contributed by atoms with Gasteiger partial charge in [-0.3, -0.25) is 14.5 Å². The molecule has 2 saturated heterocycles. The van der Waals surface area contributed by atoms with Gasteiger partial charge in [-0.05, 0) is 45.0 Å². The van der Waals surface area contributed by atoms with Crippen LogP contribution < -0.4 is 5.73 Å². The zero-order valence-electron chi connectivity index (χ0n) is 16.2. The second-order valence-corrected chi connectivity index (χ2v) is 9.37. The number of carbonyl (C=O) groups is 2. The highest BCUT2D eigenvalue weighted by Crippen LogP contribution is 2.21. The third-order valence-electron chi connectivity index (χ3n) is 5.77. The Morgan fingerprint density at radius 1 is 1.00 bits per heavy atom. The molecule has 0 spiro atoms. The van der Waals surface area contributed by atoms with Crippen LogP contribution in [0.3, 0.4) is 0 Å². The second kappa shape index (κ2) is 8.59. The van der Waals surface area contributed by atoms with E-state index in [1.807, 2.05) is 6.92 Å². The van der Waals surface area contributed by atoms with Gasteiger partial charge in [0, 0.05) is 32.1 Å². The number of hydrogen-bond donors (Lipinski definition) is 1. The van der Waals surface area contributed by atoms with Crippen molar-refractivity contribution in [2.75, 3.05) is 39.3 Å². The Hall–Kier alpha value is -1.97. The molecule has 0 saturated carbocycles. The number of rotatable bonds is 5. The van der Waals surface area contributed by atoms with Crippen molar-refractivity contribution in [3.8, 4) is 0 Å². The molecule has 28 heavy (non-hydrogen) atoms. The summed E-state index contributed by atoms with van der Waals surface area (Å²) in [5.41, 5.74) is 5.37. The van der Waals surface area contributed by atoms with E-state index in [9.17, 15) is 18.0 Å². The maximum Gasteiger partial charge on any atom is 0.243 e. The van der Waals surface area contributed by atoms with Crippen molar-refractivity contribution < 1.29 is 18.0 Å². The summed E-state index contributed by atoms with van der Waals surface area (Å²) in [6.45, 7) is 4.56. The van der Waals surface area contributed by atoms with Crippen LogP contribution in [0.25, 0.3) is 0 Å². The number of nitrogens with two attached hydrogens (primary N) is 1. The second-order valence-electron chi connectivity index (χ2n) is 7.43. The van der Waals surface area contributed by atoms with E-state index in [1.54, 1.807) is 35.2 Å². The van der Waals surface area contributed by atoms with Crippen LogP contribution in [0.4, 0.5) is 0 Å². The Kier molecular flexibility index (Phi) is 6.36. The molecular formula is C19H28N4O4S. The van der Waals surface area contributed by atoms with Crippen molar-refractivity contribution in [1.82, 2.24) is 14.1 Å². The zero-order chi connectivity index (χ0) is 20.3. The predicted molar refractivity (Wildman–Crippen MR) is 105 cm³/mol. The topological polar surface area (TPSA) is 104 Å². The summed E-state index contributed by atoms with van der Waals surface area (Å²) in [6, 6.07) is 8.08. The van der Waals surface area contributed by atoms with Crippen molar-refractivity contribution in [3.05, 3.63) is 30.3 Å². The highest BCUT2D eigenvalue weighted by molar-refractivity contribution is 7.89. The molecular weight excluding hydrogens is 380 g/mol. The minimum Gasteiger partial charge on any atom is -0.369 e. The SMILES string of the molecule is CC(C(=O)N1CCN(S(=O)(=O)c2ccccc2)CC1)N1CCC(C(N)=O)CC1. The van der Waals surface area contributed by atoms with E-state index in [2.05, 4.69) is 4.90 Å². The lowest BCUT2D eigenvalue weighted by molar-refractivity contribution is -0.138. The van der Waals surface area contributed by atoms with Gasteiger partial charge in [0.2, 0.25) is 21.8 Å². The highest BCUT2D eigenvalue weighted by atomic mass is 32.2. The summed E-state index contributed by atoms with van der Waals surface area (Å²) < 4.78 is 26.9. The molecule has 2 aliphatic rings. The Morgan fingerprint density at radius 2 is 1.57 bits per heavy atom. The summed E-state index contributed by atoms with van der Waals surface area (Å²) in [4.78, 5) is 28.3. The molecule has 1 aromatic rings. The van der Waals surface area contributed by atoms with Crippen molar-refractivity contribution >= 4 is 21.8 Å². The molecule has 9 heteroatoms. The monoisotopic (exact) mass is 408 g/mol. The number of hydrogen-bond acceptors (Lipinski definition) is 5. The van der Waals surface area contributed by atoms with Gasteiger partial charge in [-0.2, -0.15) is 4.31 Å². The van der Waals surface area contributed by atoms with Gasteiger partial charge in [0.15, 0.2) is 0 Å². The van der Waals surface area contributed by atoms with E-state index in [1.165, 1.54) is 4.31 Å². The van der Waals surface area contributed by atoms with Gasteiger partial charge < -0.3 is 10.6 Å². The van der Waals surface area contributed by atoms with Crippen molar-refractivity contribution in [2.45, 2.75) is 30.7 Å². The number of primary amides is 1. The summed E-state index contributed by atoms with van der Waals surface area (Å²) in [5.74, 6) is -0.367. The van der Waals surface area contributed by atoms with Crippen molar-refractivity contribution in [2.24, 2.45) is 11.7 Å². The fourth-order valence-electron chi connectivity index (χ4n) is 3.88. The van der Waals surface area contributed by atoms with E-state index < -0.39 is 10.0 Å². The summed E-state index contributed by atoms with van der Waals surface area (Å²) in [6.07, 6.45) is 1.35. The number of amides is 2. The first-order valence-electron chi connectivity index (χ1n) is 9.68. The first kappa shape index (κ1) is 20.8. The molecule has 2 amide bonds. The molecule has 3 rings (SSSR count). The third kappa shape index (κ3) is 4.37. The largest absolute Gasteiger partial charge is 0.369 e. The van der Waals surface area contributed by atoms with Crippen LogP contribution in [-0.2, 0) is 19.6 Å².